The van der Waals surface area contributed by atoms with Gasteiger partial charge in [-0.2, -0.15) is 4.31 Å². The third-order valence-electron chi connectivity index (χ3n) is 4.48. The molecule has 1 fully saturated rings. The highest BCUT2D eigenvalue weighted by Gasteiger charge is 2.42. The van der Waals surface area contributed by atoms with Crippen LogP contribution in [-0.2, 0) is 10.0 Å². The van der Waals surface area contributed by atoms with Gasteiger partial charge in [-0.25, -0.2) is 8.42 Å². The van der Waals surface area contributed by atoms with E-state index >= 15 is 0 Å². The van der Waals surface area contributed by atoms with Crippen LogP contribution in [-0.4, -0.2) is 50.8 Å². The molecule has 0 radical (unpaired) electrons. The van der Waals surface area contributed by atoms with Gasteiger partial charge in [-0.1, -0.05) is 12.1 Å². The molecule has 0 amide bonds. The smallest absolute Gasteiger partial charge is 0.244 e. The van der Waals surface area contributed by atoms with Crippen molar-refractivity contribution in [2.24, 2.45) is 5.84 Å². The van der Waals surface area contributed by atoms with Crippen molar-refractivity contribution in [3.05, 3.63) is 24.3 Å². The Morgan fingerprint density at radius 2 is 1.86 bits per heavy atom. The van der Waals surface area contributed by atoms with Gasteiger partial charge in [0.15, 0.2) is 0 Å². The Hall–Kier alpha value is -1.15. The number of rotatable bonds is 6. The number of hydrogen-bond acceptors (Lipinski definition) is 5. The number of para-hydroxylation sites is 1. The number of hydrogen-bond donors (Lipinski definition) is 2. The summed E-state index contributed by atoms with van der Waals surface area (Å²) in [4.78, 5) is 2.35. The molecule has 1 aliphatic rings. The molecule has 0 spiro atoms. The van der Waals surface area contributed by atoms with Crippen LogP contribution in [0.4, 0.5) is 5.69 Å². The van der Waals surface area contributed by atoms with Crippen molar-refractivity contribution in [2.75, 3.05) is 33.1 Å². The van der Waals surface area contributed by atoms with Gasteiger partial charge >= 0.3 is 0 Å². The molecule has 0 unspecified atom stereocenters. The minimum absolute atomic E-state index is 0.0487. The predicted octanol–water partition coefficient (Wildman–Crippen LogP) is 1.08. The Labute approximate surface area is 126 Å². The van der Waals surface area contributed by atoms with Gasteiger partial charge in [0.25, 0.3) is 0 Å². The summed E-state index contributed by atoms with van der Waals surface area (Å²) in [5, 5.41) is 0. The monoisotopic (exact) mass is 312 g/mol. The largest absolute Gasteiger partial charge is 0.323 e. The number of benzene rings is 1. The molecule has 0 saturated heterocycles. The van der Waals surface area contributed by atoms with E-state index in [0.717, 1.165) is 19.3 Å². The molecular formula is C14H24N4O2S. The standard InChI is InChI=1S/C14H24N4O2S/c1-17(2)14(9-6-10-14)11-18(3)21(19,20)13-8-5-4-7-12(13)16-15/h4-5,7-8,16H,6,9-11,15H2,1-3H3. The molecule has 1 saturated carbocycles. The molecule has 7 heteroatoms. The van der Waals surface area contributed by atoms with Crippen LogP contribution in [0.2, 0.25) is 0 Å². The average molecular weight is 312 g/mol. The van der Waals surface area contributed by atoms with Gasteiger partial charge in [-0.15, -0.1) is 0 Å². The number of nitrogens with two attached hydrogens (primary N) is 1. The number of nitrogens with one attached hydrogen (secondary N) is 1. The van der Waals surface area contributed by atoms with Gasteiger partial charge in [0.2, 0.25) is 10.0 Å². The van der Waals surface area contributed by atoms with Gasteiger partial charge in [-0.05, 0) is 45.5 Å². The van der Waals surface area contributed by atoms with Gasteiger partial charge in [0.1, 0.15) is 4.90 Å². The minimum Gasteiger partial charge on any atom is -0.323 e. The Kier molecular flexibility index (Phi) is 4.57. The summed E-state index contributed by atoms with van der Waals surface area (Å²) in [6, 6.07) is 6.68. The van der Waals surface area contributed by atoms with Gasteiger partial charge in [-0.3, -0.25) is 5.84 Å². The normalized spacial score (nSPS) is 17.8. The van der Waals surface area contributed by atoms with Crippen molar-refractivity contribution in [3.63, 3.8) is 0 Å². The summed E-state index contributed by atoms with van der Waals surface area (Å²) in [5.74, 6) is 5.42. The Morgan fingerprint density at radius 1 is 1.24 bits per heavy atom. The fourth-order valence-corrected chi connectivity index (χ4v) is 4.21. The maximum Gasteiger partial charge on any atom is 0.244 e. The average Bonchev–Trinajstić information content (AvgIpc) is 2.41. The number of anilines is 1. The highest BCUT2D eigenvalue weighted by atomic mass is 32.2. The molecule has 1 aromatic carbocycles. The number of sulfonamides is 1. The Balaban J connectivity index is 2.27. The van der Waals surface area contributed by atoms with E-state index in [1.54, 1.807) is 31.3 Å². The first kappa shape index (κ1) is 16.2. The molecule has 0 aliphatic heterocycles. The van der Waals surface area contributed by atoms with E-state index in [2.05, 4.69) is 10.3 Å². The van der Waals surface area contributed by atoms with E-state index in [4.69, 9.17) is 5.84 Å². The lowest BCUT2D eigenvalue weighted by Gasteiger charge is -2.49. The van der Waals surface area contributed by atoms with Crippen LogP contribution in [0.25, 0.3) is 0 Å². The van der Waals surface area contributed by atoms with Crippen molar-refractivity contribution in [1.82, 2.24) is 9.21 Å². The van der Waals surface area contributed by atoms with Crippen LogP contribution in [0.3, 0.4) is 0 Å². The van der Waals surface area contributed by atoms with Crippen molar-refractivity contribution in [3.8, 4) is 0 Å². The molecule has 2 rings (SSSR count). The van der Waals surface area contributed by atoms with Crippen LogP contribution in [0.1, 0.15) is 19.3 Å². The van der Waals surface area contributed by atoms with E-state index in [-0.39, 0.29) is 10.4 Å². The van der Waals surface area contributed by atoms with E-state index < -0.39 is 10.0 Å². The zero-order valence-corrected chi connectivity index (χ0v) is 13.7. The molecule has 0 aromatic heterocycles. The van der Waals surface area contributed by atoms with Crippen molar-refractivity contribution < 1.29 is 8.42 Å². The summed E-state index contributed by atoms with van der Waals surface area (Å²) in [5.41, 5.74) is 2.82. The van der Waals surface area contributed by atoms with Crippen LogP contribution in [0, 0.1) is 0 Å². The fraction of sp³-hybridized carbons (Fsp3) is 0.571. The zero-order chi connectivity index (χ0) is 15.7. The maximum absolute atomic E-state index is 12.8. The predicted molar refractivity (Wildman–Crippen MR) is 84.3 cm³/mol. The zero-order valence-electron chi connectivity index (χ0n) is 12.8. The molecule has 0 heterocycles. The second-order valence-corrected chi connectivity index (χ2v) is 7.89. The Bertz CT molecular complexity index is 597. The summed E-state index contributed by atoms with van der Waals surface area (Å²) >= 11 is 0. The molecule has 0 bridgehead atoms. The highest BCUT2D eigenvalue weighted by Crippen LogP contribution is 2.37. The SMILES string of the molecule is CN(C)C1(CN(C)S(=O)(=O)c2ccccc2NN)CCC1. The van der Waals surface area contributed by atoms with Crippen molar-refractivity contribution in [2.45, 2.75) is 29.7 Å². The molecular weight excluding hydrogens is 288 g/mol. The number of likely N-dealkylation sites (N-methyl/N-ethyl adjacent to an activating group) is 2. The molecule has 21 heavy (non-hydrogen) atoms. The number of nitrogens with zero attached hydrogens (tertiary/aromatic N) is 2. The van der Waals surface area contributed by atoms with E-state index in [1.165, 1.54) is 4.31 Å². The van der Waals surface area contributed by atoms with Gasteiger partial charge in [0.05, 0.1) is 5.69 Å². The summed E-state index contributed by atoms with van der Waals surface area (Å²) < 4.78 is 27.0. The van der Waals surface area contributed by atoms with Crippen LogP contribution >= 0.6 is 0 Å². The summed E-state index contributed by atoms with van der Waals surface area (Å²) in [7, 11) is 2.09. The molecule has 3 N–H and O–H groups in total. The van der Waals surface area contributed by atoms with E-state index in [9.17, 15) is 8.42 Å². The lowest BCUT2D eigenvalue weighted by Crippen LogP contribution is -2.57. The first-order chi connectivity index (χ1) is 9.83. The molecule has 118 valence electrons. The quantitative estimate of drug-likeness (QED) is 0.607. The third-order valence-corrected chi connectivity index (χ3v) is 6.34. The lowest BCUT2D eigenvalue weighted by molar-refractivity contribution is 0.0455. The molecule has 0 atom stereocenters. The van der Waals surface area contributed by atoms with Crippen molar-refractivity contribution >= 4 is 15.7 Å². The second-order valence-electron chi connectivity index (χ2n) is 5.87. The maximum atomic E-state index is 12.8. The second kappa shape index (κ2) is 5.92. The molecule has 6 nitrogen and oxygen atoms in total. The third kappa shape index (κ3) is 2.91. The Morgan fingerprint density at radius 3 is 2.33 bits per heavy atom. The first-order valence-electron chi connectivity index (χ1n) is 7.03. The first-order valence-corrected chi connectivity index (χ1v) is 8.47. The van der Waals surface area contributed by atoms with Crippen LogP contribution in [0.5, 0.6) is 0 Å². The van der Waals surface area contributed by atoms with Crippen molar-refractivity contribution in [1.29, 1.82) is 0 Å². The number of nitrogen functional groups attached to an aromatic ring is 1. The van der Waals surface area contributed by atoms with E-state index in [0.29, 0.717) is 12.2 Å². The summed E-state index contributed by atoms with van der Waals surface area (Å²) in [6.45, 7) is 0.487. The topological polar surface area (TPSA) is 78.7 Å². The van der Waals surface area contributed by atoms with Crippen LogP contribution < -0.4 is 11.3 Å². The number of hydrazine groups is 1. The highest BCUT2D eigenvalue weighted by molar-refractivity contribution is 7.89. The van der Waals surface area contributed by atoms with Gasteiger partial charge in [0, 0.05) is 19.1 Å². The molecule has 1 aromatic rings. The fourth-order valence-electron chi connectivity index (χ4n) is 2.81. The lowest BCUT2D eigenvalue weighted by atomic mass is 9.75. The molecule has 1 aliphatic carbocycles. The van der Waals surface area contributed by atoms with Crippen LogP contribution in [0.15, 0.2) is 29.2 Å². The van der Waals surface area contributed by atoms with E-state index in [1.807, 2.05) is 14.1 Å². The minimum atomic E-state index is -3.56. The van der Waals surface area contributed by atoms with Gasteiger partial charge < -0.3 is 10.3 Å². The summed E-state index contributed by atoms with van der Waals surface area (Å²) in [6.07, 6.45) is 3.19.